The van der Waals surface area contributed by atoms with Gasteiger partial charge < -0.3 is 4.90 Å². The lowest BCUT2D eigenvalue weighted by Crippen LogP contribution is -2.49. The standard InChI is InChI=1S/C17H33N/c1-3-5-7-9-15(8-6-4-2)17-14-18-12-10-16(17)11-13-18/h15-17H,3-14H2,1-2H3/t15?,17-/m1/s1. The fourth-order valence-electron chi connectivity index (χ4n) is 4.24. The van der Waals surface area contributed by atoms with E-state index in [9.17, 15) is 0 Å². The summed E-state index contributed by atoms with van der Waals surface area (Å²) in [4.78, 5) is 2.74. The average Bonchev–Trinajstić information content (AvgIpc) is 2.44. The van der Waals surface area contributed by atoms with Crippen LogP contribution in [0.3, 0.4) is 0 Å². The third kappa shape index (κ3) is 3.73. The van der Waals surface area contributed by atoms with Crippen molar-refractivity contribution < 1.29 is 0 Å². The van der Waals surface area contributed by atoms with Gasteiger partial charge in [-0.25, -0.2) is 0 Å². The van der Waals surface area contributed by atoms with E-state index in [1.54, 1.807) is 0 Å². The van der Waals surface area contributed by atoms with E-state index in [-0.39, 0.29) is 0 Å². The molecular formula is C17H33N. The van der Waals surface area contributed by atoms with E-state index in [1.165, 1.54) is 77.4 Å². The minimum absolute atomic E-state index is 1.05. The topological polar surface area (TPSA) is 3.24 Å². The lowest BCUT2D eigenvalue weighted by atomic mass is 9.70. The van der Waals surface area contributed by atoms with Crippen molar-refractivity contribution in [2.45, 2.75) is 71.6 Å². The molecule has 0 radical (unpaired) electrons. The van der Waals surface area contributed by atoms with Gasteiger partial charge in [-0.3, -0.25) is 0 Å². The monoisotopic (exact) mass is 251 g/mol. The Labute approximate surface area is 114 Å². The zero-order chi connectivity index (χ0) is 12.8. The first-order valence-electron chi connectivity index (χ1n) is 8.57. The minimum atomic E-state index is 1.05. The van der Waals surface area contributed by atoms with Crippen LogP contribution < -0.4 is 0 Å². The Kier molecular flexibility index (Phi) is 6.01. The van der Waals surface area contributed by atoms with Crippen molar-refractivity contribution in [3.63, 3.8) is 0 Å². The molecule has 1 unspecified atom stereocenters. The molecule has 0 spiro atoms. The van der Waals surface area contributed by atoms with Gasteiger partial charge in [-0.05, 0) is 43.7 Å². The van der Waals surface area contributed by atoms with Crippen molar-refractivity contribution in [2.24, 2.45) is 17.8 Å². The van der Waals surface area contributed by atoms with Crippen molar-refractivity contribution in [1.82, 2.24) is 4.90 Å². The Morgan fingerprint density at radius 3 is 2.17 bits per heavy atom. The molecule has 3 aliphatic rings. The van der Waals surface area contributed by atoms with Gasteiger partial charge in [-0.1, -0.05) is 58.8 Å². The van der Waals surface area contributed by atoms with Crippen LogP contribution in [0, 0.1) is 17.8 Å². The van der Waals surface area contributed by atoms with Gasteiger partial charge >= 0.3 is 0 Å². The van der Waals surface area contributed by atoms with Crippen molar-refractivity contribution >= 4 is 0 Å². The van der Waals surface area contributed by atoms with Gasteiger partial charge in [0.1, 0.15) is 0 Å². The van der Waals surface area contributed by atoms with Crippen LogP contribution in [0.1, 0.15) is 71.6 Å². The molecule has 3 heterocycles. The molecule has 0 aromatic heterocycles. The summed E-state index contributed by atoms with van der Waals surface area (Å²) >= 11 is 0. The molecule has 3 saturated heterocycles. The highest BCUT2D eigenvalue weighted by Crippen LogP contribution is 2.40. The van der Waals surface area contributed by atoms with E-state index in [4.69, 9.17) is 0 Å². The first kappa shape index (κ1) is 14.4. The molecule has 3 rings (SSSR count). The third-order valence-electron chi connectivity index (χ3n) is 5.42. The molecule has 0 N–H and O–H groups in total. The fraction of sp³-hybridized carbons (Fsp3) is 1.00. The molecule has 3 fully saturated rings. The molecule has 1 nitrogen and oxygen atoms in total. The van der Waals surface area contributed by atoms with Gasteiger partial charge in [0.2, 0.25) is 0 Å². The molecular weight excluding hydrogens is 218 g/mol. The Hall–Kier alpha value is -0.0400. The Bertz CT molecular complexity index is 218. The maximum atomic E-state index is 2.74. The molecule has 0 saturated carbocycles. The van der Waals surface area contributed by atoms with Crippen molar-refractivity contribution in [1.29, 1.82) is 0 Å². The first-order chi connectivity index (χ1) is 8.85. The largest absolute Gasteiger partial charge is 0.303 e. The second-order valence-corrected chi connectivity index (χ2v) is 6.70. The molecule has 0 aliphatic carbocycles. The van der Waals surface area contributed by atoms with Crippen LogP contribution >= 0.6 is 0 Å². The first-order valence-corrected chi connectivity index (χ1v) is 8.57. The summed E-state index contributed by atoms with van der Waals surface area (Å²) in [6.07, 6.45) is 13.2. The molecule has 2 atom stereocenters. The molecule has 2 bridgehead atoms. The highest BCUT2D eigenvalue weighted by atomic mass is 15.1. The number of piperidine rings is 3. The molecule has 0 aromatic rings. The smallest absolute Gasteiger partial charge is 0.00150 e. The van der Waals surface area contributed by atoms with E-state index >= 15 is 0 Å². The van der Waals surface area contributed by atoms with Gasteiger partial charge in [0.25, 0.3) is 0 Å². The van der Waals surface area contributed by atoms with E-state index in [0.717, 1.165) is 17.8 Å². The summed E-state index contributed by atoms with van der Waals surface area (Å²) in [5, 5.41) is 0. The van der Waals surface area contributed by atoms with Gasteiger partial charge in [-0.15, -0.1) is 0 Å². The van der Waals surface area contributed by atoms with E-state index in [0.29, 0.717) is 0 Å². The predicted molar refractivity (Wildman–Crippen MR) is 79.8 cm³/mol. The zero-order valence-electron chi connectivity index (χ0n) is 12.7. The lowest BCUT2D eigenvalue weighted by molar-refractivity contribution is 0.0134. The fourth-order valence-corrected chi connectivity index (χ4v) is 4.24. The average molecular weight is 251 g/mol. The summed E-state index contributed by atoms with van der Waals surface area (Å²) in [7, 11) is 0. The Morgan fingerprint density at radius 2 is 1.61 bits per heavy atom. The highest BCUT2D eigenvalue weighted by Gasteiger charge is 2.37. The number of fused-ring (bicyclic) bond motifs is 3. The summed E-state index contributed by atoms with van der Waals surface area (Å²) < 4.78 is 0. The SMILES string of the molecule is CCCCCC(CCCC)[C@H]1CN2CCC1CC2. The predicted octanol–water partition coefficient (Wildman–Crippen LogP) is 4.71. The zero-order valence-corrected chi connectivity index (χ0v) is 12.7. The van der Waals surface area contributed by atoms with Gasteiger partial charge in [0, 0.05) is 6.54 Å². The number of unbranched alkanes of at least 4 members (excludes halogenated alkanes) is 3. The molecule has 18 heavy (non-hydrogen) atoms. The summed E-state index contributed by atoms with van der Waals surface area (Å²) in [5.41, 5.74) is 0. The van der Waals surface area contributed by atoms with Crippen LogP contribution in [0.2, 0.25) is 0 Å². The Morgan fingerprint density at radius 1 is 0.944 bits per heavy atom. The minimum Gasteiger partial charge on any atom is -0.303 e. The van der Waals surface area contributed by atoms with E-state index in [2.05, 4.69) is 18.7 Å². The van der Waals surface area contributed by atoms with Crippen LogP contribution in [0.25, 0.3) is 0 Å². The van der Waals surface area contributed by atoms with Crippen molar-refractivity contribution in [3.8, 4) is 0 Å². The van der Waals surface area contributed by atoms with Crippen LogP contribution in [0.5, 0.6) is 0 Å². The molecule has 106 valence electrons. The van der Waals surface area contributed by atoms with Gasteiger partial charge in [0.05, 0.1) is 0 Å². The quantitative estimate of drug-likeness (QED) is 0.564. The van der Waals surface area contributed by atoms with E-state index < -0.39 is 0 Å². The normalized spacial score (nSPS) is 32.7. The highest BCUT2D eigenvalue weighted by molar-refractivity contribution is 4.89. The van der Waals surface area contributed by atoms with Crippen molar-refractivity contribution in [3.05, 3.63) is 0 Å². The third-order valence-corrected chi connectivity index (χ3v) is 5.42. The van der Waals surface area contributed by atoms with Crippen LogP contribution in [-0.2, 0) is 0 Å². The number of hydrogen-bond acceptors (Lipinski definition) is 1. The lowest BCUT2D eigenvalue weighted by Gasteiger charge is -2.48. The van der Waals surface area contributed by atoms with Crippen LogP contribution in [0.15, 0.2) is 0 Å². The Balaban J connectivity index is 1.85. The molecule has 1 heteroatoms. The summed E-state index contributed by atoms with van der Waals surface area (Å²) in [5.74, 6) is 3.18. The molecule has 0 amide bonds. The van der Waals surface area contributed by atoms with Crippen LogP contribution in [-0.4, -0.2) is 24.5 Å². The molecule has 3 aliphatic heterocycles. The maximum Gasteiger partial charge on any atom is 0.00150 e. The van der Waals surface area contributed by atoms with Crippen LogP contribution in [0.4, 0.5) is 0 Å². The summed E-state index contributed by atoms with van der Waals surface area (Å²) in [6, 6.07) is 0. The van der Waals surface area contributed by atoms with E-state index in [1.807, 2.05) is 0 Å². The van der Waals surface area contributed by atoms with Gasteiger partial charge in [-0.2, -0.15) is 0 Å². The maximum absolute atomic E-state index is 2.74. The van der Waals surface area contributed by atoms with Gasteiger partial charge in [0.15, 0.2) is 0 Å². The van der Waals surface area contributed by atoms with Crippen molar-refractivity contribution in [2.75, 3.05) is 19.6 Å². The molecule has 0 aromatic carbocycles. The second-order valence-electron chi connectivity index (χ2n) is 6.70. The number of hydrogen-bond donors (Lipinski definition) is 0. The number of nitrogens with zero attached hydrogens (tertiary/aromatic N) is 1. The summed E-state index contributed by atoms with van der Waals surface area (Å²) in [6.45, 7) is 8.91. The number of rotatable bonds is 8. The second kappa shape index (κ2) is 7.53.